The van der Waals surface area contributed by atoms with Crippen molar-refractivity contribution in [3.05, 3.63) is 93.0 Å². The Bertz CT molecular complexity index is 1230. The van der Waals surface area contributed by atoms with Crippen LogP contribution < -0.4 is 9.47 Å². The summed E-state index contributed by atoms with van der Waals surface area (Å²) in [7, 11) is 0. The summed E-state index contributed by atoms with van der Waals surface area (Å²) in [4.78, 5) is 14.4. The number of halogens is 4. The Morgan fingerprint density at radius 1 is 0.909 bits per heavy atom. The highest BCUT2D eigenvalue weighted by atomic mass is 35.5. The predicted octanol–water partition coefficient (Wildman–Crippen LogP) is 5.42. The van der Waals surface area contributed by atoms with Crippen LogP contribution in [0, 0.1) is 11.6 Å². The van der Waals surface area contributed by atoms with Crippen LogP contribution in [-0.4, -0.2) is 37.1 Å². The number of carbonyl (C=O) groups excluding carboxylic acids is 1. The van der Waals surface area contributed by atoms with Gasteiger partial charge in [0, 0.05) is 29.7 Å². The first kappa shape index (κ1) is 21.9. The fourth-order valence-corrected chi connectivity index (χ4v) is 4.47. The van der Waals surface area contributed by atoms with Gasteiger partial charge in [-0.25, -0.2) is 8.78 Å². The van der Waals surface area contributed by atoms with E-state index in [9.17, 15) is 13.6 Å². The van der Waals surface area contributed by atoms with Gasteiger partial charge in [0.15, 0.2) is 11.5 Å². The molecule has 0 aromatic heterocycles. The maximum absolute atomic E-state index is 15.0. The van der Waals surface area contributed by atoms with Crippen LogP contribution in [-0.2, 0) is 10.5 Å². The molecule has 1 fully saturated rings. The van der Waals surface area contributed by atoms with Gasteiger partial charge in [0.1, 0.15) is 11.6 Å². The Kier molecular flexibility index (Phi) is 5.64. The lowest BCUT2D eigenvalue weighted by atomic mass is 9.97. The number of ether oxygens (including phenoxy) is 3. The van der Waals surface area contributed by atoms with Crippen LogP contribution in [0.3, 0.4) is 0 Å². The average molecular weight is 492 g/mol. The molecule has 0 spiro atoms. The Hall–Kier alpha value is -2.87. The average Bonchev–Trinajstić information content (AvgIpc) is 3.18. The van der Waals surface area contributed by atoms with Crippen molar-refractivity contribution in [1.82, 2.24) is 4.90 Å². The topological polar surface area (TPSA) is 48.0 Å². The molecule has 0 bridgehead atoms. The number of hydrogen-bond donors (Lipinski definition) is 0. The van der Waals surface area contributed by atoms with Crippen LogP contribution in [0.15, 0.2) is 54.6 Å². The number of amides is 1. The van der Waals surface area contributed by atoms with E-state index in [4.69, 9.17) is 37.4 Å². The summed E-state index contributed by atoms with van der Waals surface area (Å²) in [5.74, 6) is -3.05. The third kappa shape index (κ3) is 3.90. The van der Waals surface area contributed by atoms with Gasteiger partial charge in [-0.15, -0.1) is 0 Å². The van der Waals surface area contributed by atoms with Crippen molar-refractivity contribution in [2.24, 2.45) is 0 Å². The molecule has 3 aromatic carbocycles. The summed E-state index contributed by atoms with van der Waals surface area (Å²) in [6, 6.07) is 12.7. The van der Waals surface area contributed by atoms with Crippen molar-refractivity contribution in [1.29, 1.82) is 0 Å². The molecule has 170 valence electrons. The maximum Gasteiger partial charge on any atom is 0.307 e. The van der Waals surface area contributed by atoms with Gasteiger partial charge in [-0.3, -0.25) is 4.79 Å². The number of morpholine rings is 1. The first-order valence-corrected chi connectivity index (χ1v) is 10.9. The minimum atomic E-state index is -1.63. The number of rotatable bonds is 3. The lowest BCUT2D eigenvalue weighted by molar-refractivity contribution is -0.0459. The molecule has 2 heterocycles. The molecule has 0 N–H and O–H groups in total. The first-order valence-electron chi connectivity index (χ1n) is 10.2. The number of fused-ring (bicyclic) bond motifs is 1. The zero-order valence-electron chi connectivity index (χ0n) is 17.1. The maximum atomic E-state index is 15.0. The van der Waals surface area contributed by atoms with E-state index in [1.165, 1.54) is 41.3 Å². The standard InChI is InChI=1S/C24H17Cl2F2NO4/c25-15-3-6-18(19(26)11-15)24(14-1-4-16(27)5-2-14)32-21-12-17(20(28)13-22(21)33-24)23(30)29-7-9-31-10-8-29/h1-6,11-13H,7-10H2/t24-/m0/s1. The van der Waals surface area contributed by atoms with Gasteiger partial charge in [0.2, 0.25) is 0 Å². The highest BCUT2D eigenvalue weighted by Crippen LogP contribution is 2.50. The predicted molar refractivity (Wildman–Crippen MR) is 118 cm³/mol. The molecule has 5 nitrogen and oxygen atoms in total. The summed E-state index contributed by atoms with van der Waals surface area (Å²) in [5.41, 5.74) is 0.667. The van der Waals surface area contributed by atoms with E-state index >= 15 is 0 Å². The molecule has 1 atom stereocenters. The fourth-order valence-electron chi connectivity index (χ4n) is 3.93. The third-order valence-electron chi connectivity index (χ3n) is 5.58. The van der Waals surface area contributed by atoms with Crippen molar-refractivity contribution in [2.75, 3.05) is 26.3 Å². The number of benzene rings is 3. The van der Waals surface area contributed by atoms with Gasteiger partial charge in [-0.05, 0) is 48.5 Å². The van der Waals surface area contributed by atoms with Crippen LogP contribution in [0.25, 0.3) is 0 Å². The van der Waals surface area contributed by atoms with Gasteiger partial charge >= 0.3 is 5.79 Å². The molecule has 2 aliphatic rings. The van der Waals surface area contributed by atoms with Crippen LogP contribution in [0.4, 0.5) is 8.78 Å². The van der Waals surface area contributed by atoms with Crippen molar-refractivity contribution in [3.8, 4) is 11.5 Å². The van der Waals surface area contributed by atoms with E-state index in [0.717, 1.165) is 6.07 Å². The lowest BCUT2D eigenvalue weighted by Gasteiger charge is -2.29. The van der Waals surface area contributed by atoms with E-state index in [1.54, 1.807) is 12.1 Å². The smallest absolute Gasteiger partial charge is 0.307 e. The normalized spacial score (nSPS) is 19.6. The van der Waals surface area contributed by atoms with E-state index in [0.29, 0.717) is 42.5 Å². The molecule has 1 amide bonds. The SMILES string of the molecule is O=C(c1cc2c(cc1F)O[C@@](c1ccc(F)cc1)(c1ccc(Cl)cc1Cl)O2)N1CCOCC1. The molecule has 5 rings (SSSR count). The summed E-state index contributed by atoms with van der Waals surface area (Å²) in [6.45, 7) is 1.51. The molecular weight excluding hydrogens is 475 g/mol. The molecule has 2 aliphatic heterocycles. The van der Waals surface area contributed by atoms with Crippen LogP contribution in [0.2, 0.25) is 10.0 Å². The molecule has 3 aromatic rings. The molecule has 33 heavy (non-hydrogen) atoms. The Morgan fingerprint density at radius 3 is 2.24 bits per heavy atom. The summed E-state index contributed by atoms with van der Waals surface area (Å²) < 4.78 is 46.2. The second kappa shape index (κ2) is 8.48. The number of hydrogen-bond acceptors (Lipinski definition) is 4. The Morgan fingerprint density at radius 2 is 1.58 bits per heavy atom. The third-order valence-corrected chi connectivity index (χ3v) is 6.13. The van der Waals surface area contributed by atoms with Crippen molar-refractivity contribution in [3.63, 3.8) is 0 Å². The Labute approximate surface area is 198 Å². The van der Waals surface area contributed by atoms with E-state index < -0.39 is 23.3 Å². The molecule has 0 saturated carbocycles. The van der Waals surface area contributed by atoms with Crippen molar-refractivity contribution in [2.45, 2.75) is 5.79 Å². The zero-order valence-corrected chi connectivity index (χ0v) is 18.6. The van der Waals surface area contributed by atoms with Crippen molar-refractivity contribution >= 4 is 29.1 Å². The van der Waals surface area contributed by atoms with Gasteiger partial charge in [0.05, 0.1) is 29.4 Å². The molecular formula is C24H17Cl2F2NO4. The lowest BCUT2D eigenvalue weighted by Crippen LogP contribution is -2.41. The largest absolute Gasteiger partial charge is 0.440 e. The quantitative estimate of drug-likeness (QED) is 0.491. The highest BCUT2D eigenvalue weighted by Gasteiger charge is 2.47. The monoisotopic (exact) mass is 491 g/mol. The van der Waals surface area contributed by atoms with E-state index in [-0.39, 0.29) is 22.1 Å². The molecule has 1 saturated heterocycles. The van der Waals surface area contributed by atoms with Gasteiger partial charge in [-0.1, -0.05) is 23.2 Å². The Balaban J connectivity index is 1.59. The summed E-state index contributed by atoms with van der Waals surface area (Å²) in [6.07, 6.45) is 0. The zero-order chi connectivity index (χ0) is 23.2. The first-order chi connectivity index (χ1) is 15.9. The number of carbonyl (C=O) groups is 1. The fraction of sp³-hybridized carbons (Fsp3) is 0.208. The minimum Gasteiger partial charge on any atom is -0.440 e. The molecule has 0 radical (unpaired) electrons. The second-order valence-corrected chi connectivity index (χ2v) is 8.48. The molecule has 0 unspecified atom stereocenters. The van der Waals surface area contributed by atoms with Gasteiger partial charge in [-0.2, -0.15) is 0 Å². The van der Waals surface area contributed by atoms with E-state index in [2.05, 4.69) is 0 Å². The van der Waals surface area contributed by atoms with Crippen LogP contribution in [0.5, 0.6) is 11.5 Å². The number of nitrogens with zero attached hydrogens (tertiary/aromatic N) is 1. The summed E-state index contributed by atoms with van der Waals surface area (Å²) in [5, 5.41) is 0.641. The van der Waals surface area contributed by atoms with Crippen LogP contribution in [0.1, 0.15) is 21.5 Å². The highest BCUT2D eigenvalue weighted by molar-refractivity contribution is 6.35. The van der Waals surface area contributed by atoms with Crippen molar-refractivity contribution < 1.29 is 27.8 Å². The second-order valence-electron chi connectivity index (χ2n) is 7.64. The van der Waals surface area contributed by atoms with Crippen LogP contribution >= 0.6 is 23.2 Å². The van der Waals surface area contributed by atoms with Gasteiger partial charge < -0.3 is 19.1 Å². The minimum absolute atomic E-state index is 0.0846. The molecule has 9 heteroatoms. The van der Waals surface area contributed by atoms with Gasteiger partial charge in [0.25, 0.3) is 5.91 Å². The van der Waals surface area contributed by atoms with E-state index in [1.807, 2.05) is 0 Å². The molecule has 0 aliphatic carbocycles. The summed E-state index contributed by atoms with van der Waals surface area (Å²) >= 11 is 12.5.